The van der Waals surface area contributed by atoms with Crippen molar-refractivity contribution in [1.29, 1.82) is 0 Å². The molecule has 1 heterocycles. The molecule has 0 aromatic heterocycles. The first-order valence-electron chi connectivity index (χ1n) is 5.65. The van der Waals surface area contributed by atoms with Gasteiger partial charge in [-0.2, -0.15) is 0 Å². The summed E-state index contributed by atoms with van der Waals surface area (Å²) in [6.07, 6.45) is 2.62. The molecule has 1 aromatic rings. The van der Waals surface area contributed by atoms with Crippen LogP contribution in [0.1, 0.15) is 30.4 Å². The van der Waals surface area contributed by atoms with Crippen molar-refractivity contribution in [2.75, 3.05) is 0 Å². The first-order chi connectivity index (χ1) is 7.33. The number of fused-ring (bicyclic) bond motifs is 1. The van der Waals surface area contributed by atoms with Gasteiger partial charge in [-0.1, -0.05) is 24.3 Å². The van der Waals surface area contributed by atoms with Crippen molar-refractivity contribution < 1.29 is 4.79 Å². The molecule has 0 bridgehead atoms. The lowest BCUT2D eigenvalue weighted by Crippen LogP contribution is -2.28. The van der Waals surface area contributed by atoms with E-state index in [0.29, 0.717) is 11.8 Å². The molecule has 2 aliphatic rings. The van der Waals surface area contributed by atoms with Gasteiger partial charge in [-0.25, -0.2) is 0 Å². The molecule has 3 rings (SSSR count). The van der Waals surface area contributed by atoms with Crippen LogP contribution in [0.3, 0.4) is 0 Å². The summed E-state index contributed by atoms with van der Waals surface area (Å²) in [6.45, 7) is 2.07. The number of nitrogens with zero attached hydrogens (tertiary/aromatic N) is 1. The fourth-order valence-corrected chi connectivity index (χ4v) is 2.72. The summed E-state index contributed by atoms with van der Waals surface area (Å²) in [6, 6.07) is 9.10. The average molecular weight is 201 g/mol. The van der Waals surface area contributed by atoms with E-state index in [-0.39, 0.29) is 0 Å². The van der Waals surface area contributed by atoms with E-state index in [1.54, 1.807) is 0 Å². The Labute approximate surface area is 89.9 Å². The number of hydrogen-bond donors (Lipinski definition) is 0. The molecule has 1 aliphatic heterocycles. The van der Waals surface area contributed by atoms with Gasteiger partial charge in [0.15, 0.2) is 0 Å². The van der Waals surface area contributed by atoms with Crippen LogP contribution < -0.4 is 0 Å². The van der Waals surface area contributed by atoms with Gasteiger partial charge in [-0.15, -0.1) is 0 Å². The van der Waals surface area contributed by atoms with Crippen LogP contribution in [0.5, 0.6) is 0 Å². The molecular formula is C13H15NO. The molecule has 0 radical (unpaired) electrons. The predicted octanol–water partition coefficient (Wildman–Crippen LogP) is 2.12. The third-order valence-corrected chi connectivity index (χ3v) is 3.60. The maximum absolute atomic E-state index is 11.3. The molecular weight excluding hydrogens is 186 g/mol. The molecule has 1 atom stereocenters. The van der Waals surface area contributed by atoms with Crippen molar-refractivity contribution in [3.63, 3.8) is 0 Å². The number of benzene rings is 1. The van der Waals surface area contributed by atoms with Gasteiger partial charge in [0.25, 0.3) is 0 Å². The molecule has 1 aromatic carbocycles. The van der Waals surface area contributed by atoms with Gasteiger partial charge in [-0.3, -0.25) is 9.69 Å². The molecule has 1 saturated carbocycles. The fraction of sp³-hybridized carbons (Fsp3) is 0.462. The van der Waals surface area contributed by atoms with Crippen LogP contribution in [0.25, 0.3) is 0 Å². The first-order valence-corrected chi connectivity index (χ1v) is 5.65. The number of carbonyl (C=O) groups is 1. The summed E-state index contributed by atoms with van der Waals surface area (Å²) >= 11 is 0. The van der Waals surface area contributed by atoms with E-state index < -0.39 is 0 Å². The average Bonchev–Trinajstić information content (AvgIpc) is 2.82. The van der Waals surface area contributed by atoms with E-state index in [1.807, 2.05) is 0 Å². The largest absolute Gasteiger partial charge is 0.300 e. The molecule has 2 nitrogen and oxygen atoms in total. The maximum Gasteiger partial charge on any atom is 0.134 e. The molecule has 0 N–H and O–H groups in total. The van der Waals surface area contributed by atoms with Gasteiger partial charge in [0, 0.05) is 32.0 Å². The third kappa shape index (κ3) is 1.59. The second kappa shape index (κ2) is 3.46. The molecule has 0 spiro atoms. The lowest BCUT2D eigenvalue weighted by molar-refractivity contribution is -0.117. The Morgan fingerprint density at radius 3 is 2.33 bits per heavy atom. The number of carbonyl (C=O) groups excluding carboxylic acids is 1. The second-order valence-electron chi connectivity index (χ2n) is 4.61. The van der Waals surface area contributed by atoms with E-state index in [2.05, 4.69) is 29.2 Å². The minimum atomic E-state index is 0.441. The van der Waals surface area contributed by atoms with E-state index in [9.17, 15) is 4.79 Å². The fourth-order valence-electron chi connectivity index (χ4n) is 2.72. The van der Waals surface area contributed by atoms with Crippen LogP contribution in [-0.2, 0) is 17.9 Å². The molecule has 2 heteroatoms. The van der Waals surface area contributed by atoms with Gasteiger partial charge in [0.2, 0.25) is 0 Å². The highest BCUT2D eigenvalue weighted by Gasteiger charge is 2.30. The summed E-state index contributed by atoms with van der Waals surface area (Å²) in [5.41, 5.74) is 2.88. The maximum atomic E-state index is 11.3. The topological polar surface area (TPSA) is 20.3 Å². The second-order valence-corrected chi connectivity index (χ2v) is 4.61. The highest BCUT2D eigenvalue weighted by atomic mass is 16.1. The zero-order chi connectivity index (χ0) is 10.3. The molecule has 0 amide bonds. The molecule has 1 fully saturated rings. The Morgan fingerprint density at radius 2 is 1.80 bits per heavy atom. The Balaban J connectivity index is 1.76. The number of rotatable bonds is 1. The van der Waals surface area contributed by atoms with Gasteiger partial charge in [0.05, 0.1) is 0 Å². The minimum Gasteiger partial charge on any atom is -0.300 e. The summed E-state index contributed by atoms with van der Waals surface area (Å²) in [7, 11) is 0. The van der Waals surface area contributed by atoms with Crippen LogP contribution >= 0.6 is 0 Å². The Hall–Kier alpha value is -1.15. The smallest absolute Gasteiger partial charge is 0.134 e. The standard InChI is InChI=1S/C13H15NO/c15-13-6-5-12(7-13)14-8-10-3-1-2-4-11(10)9-14/h1-4,12H,5-9H2. The van der Waals surface area contributed by atoms with Gasteiger partial charge in [0.1, 0.15) is 5.78 Å². The summed E-state index contributed by atoms with van der Waals surface area (Å²) < 4.78 is 0. The van der Waals surface area contributed by atoms with Crippen LogP contribution in [0.15, 0.2) is 24.3 Å². The lowest BCUT2D eigenvalue weighted by Gasteiger charge is -2.21. The normalized spacial score (nSPS) is 25.9. The summed E-state index contributed by atoms with van der Waals surface area (Å²) in [4.78, 5) is 13.7. The predicted molar refractivity (Wildman–Crippen MR) is 58.3 cm³/mol. The van der Waals surface area contributed by atoms with Crippen molar-refractivity contribution in [2.45, 2.75) is 38.4 Å². The lowest BCUT2D eigenvalue weighted by atomic mass is 10.1. The van der Waals surface area contributed by atoms with Crippen molar-refractivity contribution in [1.82, 2.24) is 4.90 Å². The molecule has 15 heavy (non-hydrogen) atoms. The first kappa shape index (κ1) is 9.10. The number of ketones is 1. The Kier molecular flexibility index (Phi) is 2.10. The molecule has 1 unspecified atom stereocenters. The van der Waals surface area contributed by atoms with Crippen molar-refractivity contribution in [3.8, 4) is 0 Å². The summed E-state index contributed by atoms with van der Waals surface area (Å²) in [5, 5.41) is 0. The van der Waals surface area contributed by atoms with Crippen LogP contribution in [0, 0.1) is 0 Å². The third-order valence-electron chi connectivity index (χ3n) is 3.60. The van der Waals surface area contributed by atoms with Crippen LogP contribution in [0.4, 0.5) is 0 Å². The number of hydrogen-bond acceptors (Lipinski definition) is 2. The van der Waals surface area contributed by atoms with E-state index in [1.165, 1.54) is 11.1 Å². The van der Waals surface area contributed by atoms with Gasteiger partial charge in [-0.05, 0) is 17.5 Å². The van der Waals surface area contributed by atoms with Crippen LogP contribution in [-0.4, -0.2) is 16.7 Å². The van der Waals surface area contributed by atoms with Crippen molar-refractivity contribution >= 4 is 5.78 Å². The molecule has 78 valence electrons. The van der Waals surface area contributed by atoms with Gasteiger partial charge >= 0.3 is 0 Å². The zero-order valence-electron chi connectivity index (χ0n) is 8.78. The summed E-state index contributed by atoms with van der Waals surface area (Å²) in [5.74, 6) is 0.441. The zero-order valence-corrected chi connectivity index (χ0v) is 8.78. The quantitative estimate of drug-likeness (QED) is 0.693. The van der Waals surface area contributed by atoms with E-state index in [0.717, 1.165) is 32.4 Å². The highest BCUT2D eigenvalue weighted by Crippen LogP contribution is 2.29. The van der Waals surface area contributed by atoms with Crippen LogP contribution in [0.2, 0.25) is 0 Å². The van der Waals surface area contributed by atoms with Crippen molar-refractivity contribution in [3.05, 3.63) is 35.4 Å². The molecule has 1 aliphatic carbocycles. The number of Topliss-reactive ketones (excluding diaryl/α,β-unsaturated/α-hetero) is 1. The van der Waals surface area contributed by atoms with Crippen molar-refractivity contribution in [2.24, 2.45) is 0 Å². The van der Waals surface area contributed by atoms with Gasteiger partial charge < -0.3 is 0 Å². The monoisotopic (exact) mass is 201 g/mol. The Bertz CT molecular complexity index is 374. The SMILES string of the molecule is O=C1CCC(N2Cc3ccccc3C2)C1. The Morgan fingerprint density at radius 1 is 1.13 bits per heavy atom. The molecule has 0 saturated heterocycles. The van der Waals surface area contributed by atoms with E-state index in [4.69, 9.17) is 0 Å². The van der Waals surface area contributed by atoms with E-state index >= 15 is 0 Å². The highest BCUT2D eigenvalue weighted by molar-refractivity contribution is 5.81. The minimum absolute atomic E-state index is 0.441.